The molecular formula is C30H33F2N5O4. The van der Waals surface area contributed by atoms with E-state index in [9.17, 15) is 13.6 Å². The van der Waals surface area contributed by atoms with E-state index >= 15 is 0 Å². The molecule has 1 aromatic carbocycles. The van der Waals surface area contributed by atoms with Crippen LogP contribution in [0.25, 0.3) is 11.5 Å². The summed E-state index contributed by atoms with van der Waals surface area (Å²) in [6.07, 6.45) is 7.14. The Balaban J connectivity index is 1.04. The molecule has 0 unspecified atom stereocenters. The third kappa shape index (κ3) is 4.75. The summed E-state index contributed by atoms with van der Waals surface area (Å²) < 4.78 is 44.9. The van der Waals surface area contributed by atoms with Crippen LogP contribution in [-0.2, 0) is 15.1 Å². The molecule has 0 atom stereocenters. The lowest BCUT2D eigenvalue weighted by molar-refractivity contribution is -0.198. The van der Waals surface area contributed by atoms with Crippen LogP contribution in [0.2, 0.25) is 0 Å². The minimum atomic E-state index is -2.66. The van der Waals surface area contributed by atoms with Crippen molar-refractivity contribution in [1.29, 1.82) is 0 Å². The summed E-state index contributed by atoms with van der Waals surface area (Å²) in [5.74, 6) is 0.161. The second-order valence-corrected chi connectivity index (χ2v) is 13.1. The second kappa shape index (κ2) is 9.14. The summed E-state index contributed by atoms with van der Waals surface area (Å²) in [6, 6.07) is 7.54. The summed E-state index contributed by atoms with van der Waals surface area (Å²) in [5.41, 5.74) is 0.621. The molecule has 9 nitrogen and oxygen atoms in total. The van der Waals surface area contributed by atoms with Gasteiger partial charge in [-0.2, -0.15) is 9.97 Å². The lowest BCUT2D eigenvalue weighted by atomic mass is 9.65. The Kier molecular flexibility index (Phi) is 5.69. The Morgan fingerprint density at radius 1 is 0.951 bits per heavy atom. The fourth-order valence-electron chi connectivity index (χ4n) is 6.78. The molecule has 2 aliphatic heterocycles. The van der Waals surface area contributed by atoms with E-state index in [-0.39, 0.29) is 36.5 Å². The van der Waals surface area contributed by atoms with Crippen molar-refractivity contribution < 1.29 is 27.4 Å². The molecule has 2 saturated heterocycles. The van der Waals surface area contributed by atoms with Crippen LogP contribution >= 0.6 is 0 Å². The quantitative estimate of drug-likeness (QED) is 0.305. The van der Waals surface area contributed by atoms with Crippen LogP contribution in [0.3, 0.4) is 0 Å². The molecule has 11 heteroatoms. The molecule has 41 heavy (non-hydrogen) atoms. The molecule has 1 amide bonds. The number of halogens is 2. The summed E-state index contributed by atoms with van der Waals surface area (Å²) in [5, 5.41) is 8.34. The zero-order valence-corrected chi connectivity index (χ0v) is 22.9. The van der Waals surface area contributed by atoms with Crippen molar-refractivity contribution in [1.82, 2.24) is 20.3 Å². The molecule has 6 aliphatic rings. The van der Waals surface area contributed by atoms with Gasteiger partial charge in [0, 0.05) is 54.3 Å². The van der Waals surface area contributed by atoms with Gasteiger partial charge in [0.2, 0.25) is 11.8 Å². The topological polar surface area (TPSA) is 107 Å². The first kappa shape index (κ1) is 25.5. The number of nitrogens with zero attached hydrogens (tertiary/aromatic N) is 5. The van der Waals surface area contributed by atoms with Crippen molar-refractivity contribution in [2.45, 2.75) is 94.0 Å². The molecule has 3 aromatic rings. The summed E-state index contributed by atoms with van der Waals surface area (Å²) >= 11 is 0. The van der Waals surface area contributed by atoms with E-state index in [1.165, 1.54) is 0 Å². The number of fused-ring (bicyclic) bond motifs is 3. The van der Waals surface area contributed by atoms with E-state index in [2.05, 4.69) is 20.3 Å². The number of hydrogen-bond acceptors (Lipinski definition) is 8. The van der Waals surface area contributed by atoms with Crippen LogP contribution in [-0.4, -0.2) is 45.3 Å². The third-order valence-corrected chi connectivity index (χ3v) is 9.77. The number of rotatable bonds is 9. The lowest BCUT2D eigenvalue weighted by Crippen LogP contribution is -2.55. The van der Waals surface area contributed by atoms with Crippen molar-refractivity contribution in [3.8, 4) is 11.5 Å². The maximum atomic E-state index is 13.8. The number of hydrogen-bond donors (Lipinski definition) is 0. The fraction of sp³-hybridized carbons (Fsp3) is 0.633. The van der Waals surface area contributed by atoms with Crippen LogP contribution < -0.4 is 4.90 Å². The minimum absolute atomic E-state index is 0.0962. The highest BCUT2D eigenvalue weighted by Crippen LogP contribution is 2.54. The first-order chi connectivity index (χ1) is 19.8. The van der Waals surface area contributed by atoms with E-state index in [1.54, 1.807) is 4.90 Å². The summed E-state index contributed by atoms with van der Waals surface area (Å²) in [4.78, 5) is 24.8. The van der Waals surface area contributed by atoms with Gasteiger partial charge < -0.3 is 18.7 Å². The molecule has 0 spiro atoms. The number of benzene rings is 1. The zero-order chi connectivity index (χ0) is 27.8. The predicted molar refractivity (Wildman–Crippen MR) is 141 cm³/mol. The first-order valence-electron chi connectivity index (χ1n) is 14.9. The maximum absolute atomic E-state index is 13.8. The van der Waals surface area contributed by atoms with Gasteiger partial charge in [-0.15, -0.1) is 0 Å². The van der Waals surface area contributed by atoms with Gasteiger partial charge in [-0.1, -0.05) is 16.4 Å². The minimum Gasteiger partial charge on any atom is -0.364 e. The van der Waals surface area contributed by atoms with Gasteiger partial charge >= 0.3 is 0 Å². The molecule has 216 valence electrons. The number of carbonyl (C=O) groups is 1. The van der Waals surface area contributed by atoms with Gasteiger partial charge in [-0.3, -0.25) is 4.79 Å². The Labute approximate surface area is 236 Å². The SMILES string of the molecule is O=C(CC1CC(F)(F)C1)N(CC12CCC(c3nc(C4CC4)no3)(CC1)OC2)c1cccc(-c2nc(C3CC3)no2)c1. The molecular weight excluding hydrogens is 532 g/mol. The molecule has 2 aromatic heterocycles. The average molecular weight is 566 g/mol. The van der Waals surface area contributed by atoms with Gasteiger partial charge in [0.1, 0.15) is 5.60 Å². The first-order valence-corrected chi connectivity index (χ1v) is 14.9. The van der Waals surface area contributed by atoms with E-state index in [1.807, 2.05) is 24.3 Å². The van der Waals surface area contributed by atoms with Crippen LogP contribution in [0.1, 0.15) is 100 Å². The van der Waals surface area contributed by atoms with Crippen molar-refractivity contribution >= 4 is 11.6 Å². The highest BCUT2D eigenvalue weighted by Gasteiger charge is 2.55. The monoisotopic (exact) mass is 565 g/mol. The van der Waals surface area contributed by atoms with Crippen molar-refractivity contribution in [2.75, 3.05) is 18.1 Å². The smallest absolute Gasteiger partial charge is 0.258 e. The largest absolute Gasteiger partial charge is 0.364 e. The molecule has 0 radical (unpaired) electrons. The average Bonchev–Trinajstić information content (AvgIpc) is 3.90. The molecule has 6 fully saturated rings. The van der Waals surface area contributed by atoms with Gasteiger partial charge in [-0.05, 0) is 75.5 Å². The van der Waals surface area contributed by atoms with E-state index < -0.39 is 11.5 Å². The van der Waals surface area contributed by atoms with Gasteiger partial charge in [0.05, 0.1) is 6.61 Å². The molecule has 0 N–H and O–H groups in total. The van der Waals surface area contributed by atoms with Crippen LogP contribution in [0, 0.1) is 11.3 Å². The summed E-state index contributed by atoms with van der Waals surface area (Å²) in [6.45, 7) is 0.913. The Morgan fingerprint density at radius 2 is 1.66 bits per heavy atom. The number of alkyl halides is 2. The van der Waals surface area contributed by atoms with Crippen molar-refractivity contribution in [3.63, 3.8) is 0 Å². The van der Waals surface area contributed by atoms with Crippen molar-refractivity contribution in [2.24, 2.45) is 11.3 Å². The van der Waals surface area contributed by atoms with Crippen LogP contribution in [0.5, 0.6) is 0 Å². The highest BCUT2D eigenvalue weighted by molar-refractivity contribution is 5.94. The molecule has 4 saturated carbocycles. The van der Waals surface area contributed by atoms with E-state index in [0.29, 0.717) is 42.5 Å². The summed E-state index contributed by atoms with van der Waals surface area (Å²) in [7, 11) is 0. The Morgan fingerprint density at radius 3 is 2.32 bits per heavy atom. The van der Waals surface area contributed by atoms with E-state index in [0.717, 1.165) is 68.6 Å². The molecule has 9 rings (SSSR count). The standard InChI is InChI=1S/C30H33F2N5O4/c31-30(32)14-18(15-30)12-23(38)37(22-3-1-2-21(13-22)26-33-24(35-40-26)19-4-5-19)16-28-8-10-29(11-9-28,39-17-28)27-34-25(36-41-27)20-6-7-20/h1-3,13,18-20H,4-12,14-17H2. The molecule has 4 heterocycles. The second-order valence-electron chi connectivity index (χ2n) is 13.1. The van der Waals surface area contributed by atoms with Gasteiger partial charge in [0.25, 0.3) is 11.8 Å². The zero-order valence-electron chi connectivity index (χ0n) is 22.9. The highest BCUT2D eigenvalue weighted by atomic mass is 19.3. The number of ether oxygens (including phenoxy) is 1. The van der Waals surface area contributed by atoms with Crippen molar-refractivity contribution in [3.05, 3.63) is 41.8 Å². The van der Waals surface area contributed by atoms with Crippen LogP contribution in [0.4, 0.5) is 14.5 Å². The fourth-order valence-corrected chi connectivity index (χ4v) is 6.78. The Bertz CT molecular complexity index is 1450. The van der Waals surface area contributed by atoms with Gasteiger partial charge in [-0.25, -0.2) is 8.78 Å². The van der Waals surface area contributed by atoms with E-state index in [4.69, 9.17) is 13.8 Å². The maximum Gasteiger partial charge on any atom is 0.258 e. The Hall–Kier alpha value is -3.21. The molecule has 4 aliphatic carbocycles. The number of anilines is 1. The van der Waals surface area contributed by atoms with Crippen LogP contribution in [0.15, 0.2) is 33.3 Å². The lowest BCUT2D eigenvalue weighted by Gasteiger charge is -2.52. The predicted octanol–water partition coefficient (Wildman–Crippen LogP) is 6.13. The number of aromatic nitrogens is 4. The van der Waals surface area contributed by atoms with Gasteiger partial charge in [0.15, 0.2) is 11.6 Å². The third-order valence-electron chi connectivity index (χ3n) is 9.77. The molecule has 2 bridgehead atoms. The number of amides is 1. The number of carbonyl (C=O) groups excluding carboxylic acids is 1. The normalized spacial score (nSPS) is 28.9.